The van der Waals surface area contributed by atoms with Crippen LogP contribution >= 0.6 is 11.3 Å². The molecule has 2 aromatic carbocycles. The minimum atomic E-state index is 0.146. The van der Waals surface area contributed by atoms with Crippen molar-refractivity contribution in [2.45, 2.75) is 0 Å². The predicted molar refractivity (Wildman–Crippen MR) is 95.3 cm³/mol. The maximum atomic E-state index is 12.8. The molecule has 4 rings (SSSR count). The van der Waals surface area contributed by atoms with Gasteiger partial charge >= 0.3 is 0 Å². The van der Waals surface area contributed by atoms with E-state index in [0.29, 0.717) is 0 Å². The highest BCUT2D eigenvalue weighted by atomic mass is 32.1. The number of fused-ring (bicyclic) bond motifs is 2. The molecule has 1 saturated heterocycles. The zero-order valence-corrected chi connectivity index (χ0v) is 13.4. The highest BCUT2D eigenvalue weighted by Crippen LogP contribution is 2.32. The molecule has 4 heteroatoms. The zero-order valence-electron chi connectivity index (χ0n) is 12.6. The molecular formula is C18H18N2OS. The van der Waals surface area contributed by atoms with Crippen LogP contribution in [0.3, 0.4) is 0 Å². The molecule has 1 fully saturated rings. The molecule has 0 spiro atoms. The largest absolute Gasteiger partial charge is 0.368 e. The van der Waals surface area contributed by atoms with Crippen LogP contribution in [-0.4, -0.2) is 38.1 Å². The molecule has 1 aliphatic rings. The molecule has 112 valence electrons. The van der Waals surface area contributed by atoms with E-state index < -0.39 is 0 Å². The predicted octanol–water partition coefficient (Wildman–Crippen LogP) is 3.17. The Morgan fingerprint density at radius 1 is 1.00 bits per heavy atom. The number of nitrogens with zero attached hydrogens (tertiary/aromatic N) is 2. The van der Waals surface area contributed by atoms with Crippen LogP contribution in [0.15, 0.2) is 46.6 Å². The summed E-state index contributed by atoms with van der Waals surface area (Å²) in [5.74, 6) is 0. The van der Waals surface area contributed by atoms with Gasteiger partial charge in [0.1, 0.15) is 0 Å². The van der Waals surface area contributed by atoms with Crippen LogP contribution in [0.1, 0.15) is 0 Å². The number of thiophene rings is 1. The minimum absolute atomic E-state index is 0.146. The summed E-state index contributed by atoms with van der Waals surface area (Å²) in [6.07, 6.45) is 0. The topological polar surface area (TPSA) is 23.6 Å². The Morgan fingerprint density at radius 2 is 1.77 bits per heavy atom. The third kappa shape index (κ3) is 2.19. The molecule has 0 saturated carbocycles. The van der Waals surface area contributed by atoms with Crippen LogP contribution in [0.25, 0.3) is 20.9 Å². The first-order chi connectivity index (χ1) is 10.7. The summed E-state index contributed by atoms with van der Waals surface area (Å²) < 4.78 is 1.12. The van der Waals surface area contributed by atoms with Crippen molar-refractivity contribution in [3.05, 3.63) is 52.0 Å². The molecule has 0 atom stereocenters. The number of hydrogen-bond acceptors (Lipinski definition) is 4. The standard InChI is InChI=1S/C18H18N2OS/c1-19-7-9-20(10-8-19)16-12-13-4-2-3-5-14(13)17(21)15-6-11-22-18(15)16/h2-6,11-12H,7-10H2,1H3. The van der Waals surface area contributed by atoms with Gasteiger partial charge < -0.3 is 9.80 Å². The molecule has 0 N–H and O–H groups in total. The summed E-state index contributed by atoms with van der Waals surface area (Å²) in [5.41, 5.74) is 1.35. The van der Waals surface area contributed by atoms with E-state index in [2.05, 4.69) is 22.9 Å². The summed E-state index contributed by atoms with van der Waals surface area (Å²) in [7, 11) is 2.16. The first kappa shape index (κ1) is 13.7. The van der Waals surface area contributed by atoms with E-state index >= 15 is 0 Å². The number of likely N-dealkylation sites (N-methyl/N-ethyl adjacent to an activating group) is 1. The maximum absolute atomic E-state index is 12.8. The Labute approximate surface area is 133 Å². The van der Waals surface area contributed by atoms with Gasteiger partial charge in [0, 0.05) is 37.0 Å². The second-order valence-electron chi connectivity index (χ2n) is 5.90. The van der Waals surface area contributed by atoms with Crippen molar-refractivity contribution in [1.29, 1.82) is 0 Å². The lowest BCUT2D eigenvalue weighted by atomic mass is 10.2. The Hall–Kier alpha value is -1.91. The summed E-state index contributed by atoms with van der Waals surface area (Å²) >= 11 is 1.67. The monoisotopic (exact) mass is 310 g/mol. The quantitative estimate of drug-likeness (QED) is 0.690. The highest BCUT2D eigenvalue weighted by Gasteiger charge is 2.18. The Bertz CT molecular complexity index is 894. The van der Waals surface area contributed by atoms with Crippen LogP contribution < -0.4 is 10.3 Å². The van der Waals surface area contributed by atoms with Gasteiger partial charge in [0.05, 0.1) is 10.4 Å². The fourth-order valence-electron chi connectivity index (χ4n) is 3.16. The van der Waals surface area contributed by atoms with E-state index in [4.69, 9.17) is 0 Å². The van der Waals surface area contributed by atoms with Crippen molar-refractivity contribution in [2.24, 2.45) is 0 Å². The van der Waals surface area contributed by atoms with Crippen LogP contribution in [0.4, 0.5) is 5.69 Å². The normalized spacial score (nSPS) is 16.5. The molecule has 0 bridgehead atoms. The average Bonchev–Trinajstić information content (AvgIpc) is 2.99. The molecule has 2 heterocycles. The molecule has 1 aliphatic heterocycles. The lowest BCUT2D eigenvalue weighted by Crippen LogP contribution is -2.44. The van der Waals surface area contributed by atoms with Crippen LogP contribution in [0.5, 0.6) is 0 Å². The van der Waals surface area contributed by atoms with E-state index in [1.165, 1.54) is 5.69 Å². The first-order valence-electron chi connectivity index (χ1n) is 7.61. The zero-order chi connectivity index (χ0) is 15.1. The molecule has 3 aromatic rings. The van der Waals surface area contributed by atoms with Gasteiger partial charge in [-0.05, 0) is 29.9 Å². The molecule has 0 unspecified atom stereocenters. The van der Waals surface area contributed by atoms with Crippen molar-refractivity contribution < 1.29 is 0 Å². The average molecular weight is 310 g/mol. The minimum Gasteiger partial charge on any atom is -0.368 e. The number of hydrogen-bond donors (Lipinski definition) is 0. The molecule has 3 nitrogen and oxygen atoms in total. The molecule has 0 radical (unpaired) electrons. The summed E-state index contributed by atoms with van der Waals surface area (Å²) in [6, 6.07) is 12.1. The van der Waals surface area contributed by atoms with Gasteiger partial charge in [-0.2, -0.15) is 0 Å². The maximum Gasteiger partial charge on any atom is 0.195 e. The molecule has 0 aliphatic carbocycles. The van der Waals surface area contributed by atoms with Crippen molar-refractivity contribution in [3.8, 4) is 0 Å². The second-order valence-corrected chi connectivity index (χ2v) is 6.82. The van der Waals surface area contributed by atoms with Crippen LogP contribution in [-0.2, 0) is 0 Å². The van der Waals surface area contributed by atoms with E-state index in [0.717, 1.165) is 47.0 Å². The van der Waals surface area contributed by atoms with E-state index in [9.17, 15) is 4.79 Å². The van der Waals surface area contributed by atoms with Crippen LogP contribution in [0.2, 0.25) is 0 Å². The van der Waals surface area contributed by atoms with Gasteiger partial charge in [0.15, 0.2) is 5.43 Å². The molecule has 0 amide bonds. The van der Waals surface area contributed by atoms with E-state index in [-0.39, 0.29) is 5.43 Å². The second kappa shape index (κ2) is 5.38. The first-order valence-corrected chi connectivity index (χ1v) is 8.49. The summed E-state index contributed by atoms with van der Waals surface area (Å²) in [5, 5.41) is 4.72. The molecule has 1 aromatic heterocycles. The number of benzene rings is 1. The number of rotatable bonds is 1. The lowest BCUT2D eigenvalue weighted by molar-refractivity contribution is 0.313. The summed E-state index contributed by atoms with van der Waals surface area (Å²) in [6.45, 7) is 4.15. The smallest absolute Gasteiger partial charge is 0.195 e. The van der Waals surface area contributed by atoms with Gasteiger partial charge in [0.2, 0.25) is 0 Å². The Kier molecular flexibility index (Phi) is 3.36. The van der Waals surface area contributed by atoms with Crippen molar-refractivity contribution in [2.75, 3.05) is 38.1 Å². The van der Waals surface area contributed by atoms with Gasteiger partial charge in [-0.15, -0.1) is 11.3 Å². The summed E-state index contributed by atoms with van der Waals surface area (Å²) in [4.78, 5) is 17.6. The molecule has 22 heavy (non-hydrogen) atoms. The van der Waals surface area contributed by atoms with Crippen molar-refractivity contribution >= 4 is 37.9 Å². The van der Waals surface area contributed by atoms with Crippen molar-refractivity contribution in [1.82, 2.24) is 4.90 Å². The fraction of sp³-hybridized carbons (Fsp3) is 0.278. The highest BCUT2D eigenvalue weighted by molar-refractivity contribution is 7.17. The van der Waals surface area contributed by atoms with Gasteiger partial charge in [0.25, 0.3) is 0 Å². The van der Waals surface area contributed by atoms with Gasteiger partial charge in [-0.1, -0.05) is 24.3 Å². The lowest BCUT2D eigenvalue weighted by Gasteiger charge is -2.34. The SMILES string of the molecule is CN1CCN(c2cc3ccccc3c(=O)c3ccsc23)CC1. The molecular weight excluding hydrogens is 292 g/mol. The van der Waals surface area contributed by atoms with Crippen LogP contribution in [0, 0.1) is 0 Å². The number of piperazine rings is 1. The third-order valence-corrected chi connectivity index (χ3v) is 5.42. The Morgan fingerprint density at radius 3 is 2.59 bits per heavy atom. The Balaban J connectivity index is 2.02. The van der Waals surface area contributed by atoms with Gasteiger partial charge in [-0.25, -0.2) is 0 Å². The van der Waals surface area contributed by atoms with E-state index in [1.807, 2.05) is 35.7 Å². The van der Waals surface area contributed by atoms with E-state index in [1.54, 1.807) is 11.3 Å². The number of anilines is 1. The third-order valence-electron chi connectivity index (χ3n) is 4.48. The van der Waals surface area contributed by atoms with Crippen molar-refractivity contribution in [3.63, 3.8) is 0 Å². The fourth-order valence-corrected chi connectivity index (χ4v) is 4.09. The van der Waals surface area contributed by atoms with Gasteiger partial charge in [-0.3, -0.25) is 4.79 Å².